The molecule has 2 N–H and O–H groups in total. The van der Waals surface area contributed by atoms with E-state index >= 15 is 0 Å². The summed E-state index contributed by atoms with van der Waals surface area (Å²) in [5.41, 5.74) is 9.38. The van der Waals surface area contributed by atoms with Gasteiger partial charge in [-0.2, -0.15) is 5.10 Å². The largest absolute Gasteiger partial charge is 0.497 e. The Morgan fingerprint density at radius 1 is 1.40 bits per heavy atom. The lowest BCUT2D eigenvalue weighted by Crippen LogP contribution is -2.24. The number of aryl methyl sites for hydroxylation is 2. The molecule has 0 amide bonds. The molecule has 0 radical (unpaired) electrons. The van der Waals surface area contributed by atoms with Crippen LogP contribution in [0.25, 0.3) is 0 Å². The lowest BCUT2D eigenvalue weighted by atomic mass is 9.94. The van der Waals surface area contributed by atoms with Crippen LogP contribution in [0.4, 0.5) is 0 Å². The number of methoxy groups -OCH3 is 1. The van der Waals surface area contributed by atoms with E-state index in [1.807, 2.05) is 43.0 Å². The Kier molecular flexibility index (Phi) is 3.14. The van der Waals surface area contributed by atoms with Crippen molar-refractivity contribution in [3.8, 4) is 11.5 Å². The summed E-state index contributed by atoms with van der Waals surface area (Å²) in [7, 11) is 3.57. The van der Waals surface area contributed by atoms with Crippen molar-refractivity contribution in [2.45, 2.75) is 25.5 Å². The van der Waals surface area contributed by atoms with Crippen LogP contribution >= 0.6 is 0 Å². The maximum absolute atomic E-state index is 6.29. The zero-order valence-corrected chi connectivity index (χ0v) is 12.0. The fraction of sp³-hybridized carbons (Fsp3) is 0.400. The maximum atomic E-state index is 6.29. The number of nitrogens with zero attached hydrogens (tertiary/aromatic N) is 2. The average molecular weight is 273 g/mol. The van der Waals surface area contributed by atoms with Crippen LogP contribution in [0.1, 0.15) is 35.4 Å². The molecule has 3 rings (SSSR count). The van der Waals surface area contributed by atoms with Gasteiger partial charge in [0.2, 0.25) is 0 Å². The second kappa shape index (κ2) is 4.83. The van der Waals surface area contributed by atoms with Gasteiger partial charge in [-0.1, -0.05) is 0 Å². The molecule has 2 atom stereocenters. The van der Waals surface area contributed by atoms with E-state index in [1.165, 1.54) is 0 Å². The highest BCUT2D eigenvalue weighted by molar-refractivity contribution is 5.44. The number of rotatable bonds is 2. The van der Waals surface area contributed by atoms with Gasteiger partial charge in [0, 0.05) is 36.8 Å². The smallest absolute Gasteiger partial charge is 0.129 e. The first-order chi connectivity index (χ1) is 9.58. The molecule has 106 valence electrons. The van der Waals surface area contributed by atoms with Crippen molar-refractivity contribution >= 4 is 0 Å². The Hall–Kier alpha value is -2.01. The van der Waals surface area contributed by atoms with E-state index < -0.39 is 0 Å². The summed E-state index contributed by atoms with van der Waals surface area (Å²) in [6.45, 7) is 1.99. The zero-order valence-electron chi connectivity index (χ0n) is 12.0. The van der Waals surface area contributed by atoms with Gasteiger partial charge in [-0.25, -0.2) is 0 Å². The summed E-state index contributed by atoms with van der Waals surface area (Å²) < 4.78 is 13.1. The Morgan fingerprint density at radius 2 is 2.20 bits per heavy atom. The number of aromatic nitrogens is 2. The molecule has 1 aliphatic rings. The minimum Gasteiger partial charge on any atom is -0.497 e. The van der Waals surface area contributed by atoms with Gasteiger partial charge in [-0.15, -0.1) is 0 Å². The van der Waals surface area contributed by atoms with E-state index in [1.54, 1.807) is 7.11 Å². The third kappa shape index (κ3) is 2.14. The third-order valence-electron chi connectivity index (χ3n) is 3.75. The van der Waals surface area contributed by atoms with Crippen LogP contribution in [0.2, 0.25) is 0 Å². The van der Waals surface area contributed by atoms with Crippen LogP contribution in [0.15, 0.2) is 24.4 Å². The summed E-state index contributed by atoms with van der Waals surface area (Å²) in [4.78, 5) is 0. The predicted molar refractivity (Wildman–Crippen MR) is 75.9 cm³/mol. The molecule has 1 aromatic carbocycles. The molecule has 0 saturated carbocycles. The summed E-state index contributed by atoms with van der Waals surface area (Å²) in [6, 6.07) is 5.71. The minimum atomic E-state index is -0.0570. The van der Waals surface area contributed by atoms with Crippen molar-refractivity contribution in [1.82, 2.24) is 9.78 Å². The minimum absolute atomic E-state index is 0.0420. The fourth-order valence-electron chi connectivity index (χ4n) is 2.73. The first-order valence-corrected chi connectivity index (χ1v) is 6.69. The molecule has 0 spiro atoms. The summed E-state index contributed by atoms with van der Waals surface area (Å²) in [5, 5.41) is 4.37. The molecule has 2 heterocycles. The Morgan fingerprint density at radius 3 is 2.85 bits per heavy atom. The molecule has 20 heavy (non-hydrogen) atoms. The number of hydrogen-bond donors (Lipinski definition) is 1. The number of ether oxygens (including phenoxy) is 2. The van der Waals surface area contributed by atoms with Crippen LogP contribution in [-0.4, -0.2) is 16.9 Å². The van der Waals surface area contributed by atoms with Crippen molar-refractivity contribution in [2.24, 2.45) is 12.8 Å². The van der Waals surface area contributed by atoms with E-state index in [-0.39, 0.29) is 12.1 Å². The monoisotopic (exact) mass is 273 g/mol. The van der Waals surface area contributed by atoms with E-state index in [0.29, 0.717) is 0 Å². The van der Waals surface area contributed by atoms with Crippen molar-refractivity contribution in [3.05, 3.63) is 41.2 Å². The van der Waals surface area contributed by atoms with E-state index in [0.717, 1.165) is 34.7 Å². The maximum Gasteiger partial charge on any atom is 0.129 e. The highest BCUT2D eigenvalue weighted by atomic mass is 16.5. The summed E-state index contributed by atoms with van der Waals surface area (Å²) in [6.07, 6.45) is 2.70. The Labute approximate surface area is 118 Å². The molecule has 5 nitrogen and oxygen atoms in total. The topological polar surface area (TPSA) is 62.3 Å². The van der Waals surface area contributed by atoms with Crippen LogP contribution < -0.4 is 15.2 Å². The van der Waals surface area contributed by atoms with E-state index in [9.17, 15) is 0 Å². The van der Waals surface area contributed by atoms with Gasteiger partial charge >= 0.3 is 0 Å². The third-order valence-corrected chi connectivity index (χ3v) is 3.75. The normalized spacial score (nSPS) is 21.2. The van der Waals surface area contributed by atoms with Crippen molar-refractivity contribution < 1.29 is 9.47 Å². The molecule has 0 bridgehead atoms. The quantitative estimate of drug-likeness (QED) is 0.911. The molecule has 2 aromatic rings. The first kappa shape index (κ1) is 13.0. The number of hydrogen-bond acceptors (Lipinski definition) is 4. The lowest BCUT2D eigenvalue weighted by molar-refractivity contribution is 0.160. The predicted octanol–water partition coefficient (Wildman–Crippen LogP) is 2.26. The van der Waals surface area contributed by atoms with Crippen LogP contribution in [0.3, 0.4) is 0 Å². The summed E-state index contributed by atoms with van der Waals surface area (Å²) in [5.74, 6) is 1.64. The van der Waals surface area contributed by atoms with Gasteiger partial charge < -0.3 is 15.2 Å². The molecule has 1 aromatic heterocycles. The van der Waals surface area contributed by atoms with Crippen LogP contribution in [0.5, 0.6) is 11.5 Å². The second-order valence-corrected chi connectivity index (χ2v) is 5.20. The first-order valence-electron chi connectivity index (χ1n) is 6.69. The number of benzene rings is 1. The zero-order chi connectivity index (χ0) is 14.3. The van der Waals surface area contributed by atoms with Crippen molar-refractivity contribution in [2.75, 3.05) is 7.11 Å². The molecular formula is C15H19N3O2. The molecule has 0 fully saturated rings. The van der Waals surface area contributed by atoms with Gasteiger partial charge in [0.1, 0.15) is 17.6 Å². The van der Waals surface area contributed by atoms with Crippen molar-refractivity contribution in [3.63, 3.8) is 0 Å². The lowest BCUT2D eigenvalue weighted by Gasteiger charge is -2.30. The van der Waals surface area contributed by atoms with Crippen molar-refractivity contribution in [1.29, 1.82) is 0 Å². The SMILES string of the molecule is COc1ccc2c(c1)[C@H](N)CC(c1cn(C)nc1C)O2. The van der Waals surface area contributed by atoms with Crippen LogP contribution in [0, 0.1) is 6.92 Å². The Bertz CT molecular complexity index is 636. The highest BCUT2D eigenvalue weighted by Gasteiger charge is 2.29. The molecule has 1 unspecified atom stereocenters. The summed E-state index contributed by atoms with van der Waals surface area (Å²) >= 11 is 0. The Balaban J connectivity index is 1.94. The van der Waals surface area contributed by atoms with Gasteiger partial charge in [0.15, 0.2) is 0 Å². The molecule has 0 aliphatic carbocycles. The molecule has 0 saturated heterocycles. The molecule has 1 aliphatic heterocycles. The van der Waals surface area contributed by atoms with E-state index in [4.69, 9.17) is 15.2 Å². The van der Waals surface area contributed by atoms with Crippen LogP contribution in [-0.2, 0) is 7.05 Å². The van der Waals surface area contributed by atoms with Gasteiger partial charge in [0.25, 0.3) is 0 Å². The average Bonchev–Trinajstić information content (AvgIpc) is 2.77. The molecule has 5 heteroatoms. The van der Waals surface area contributed by atoms with Gasteiger partial charge in [-0.05, 0) is 25.1 Å². The van der Waals surface area contributed by atoms with E-state index in [2.05, 4.69) is 5.10 Å². The standard InChI is InChI=1S/C15H19N3O2/c1-9-12(8-18(2)17-9)15-7-13(16)11-6-10(19-3)4-5-14(11)20-15/h4-6,8,13,15H,7,16H2,1-3H3/t13-,15?/m1/s1. The second-order valence-electron chi connectivity index (χ2n) is 5.20. The highest BCUT2D eigenvalue weighted by Crippen LogP contribution is 2.41. The number of fused-ring (bicyclic) bond motifs is 1. The molecular weight excluding hydrogens is 254 g/mol. The van der Waals surface area contributed by atoms with Gasteiger partial charge in [-0.3, -0.25) is 4.68 Å². The fourth-order valence-corrected chi connectivity index (χ4v) is 2.73. The van der Waals surface area contributed by atoms with Gasteiger partial charge in [0.05, 0.1) is 12.8 Å². The number of nitrogens with two attached hydrogens (primary N) is 1.